The minimum absolute atomic E-state index is 0.0661. The molecule has 0 unspecified atom stereocenters. The van der Waals surface area contributed by atoms with Crippen molar-refractivity contribution in [2.24, 2.45) is 0 Å². The van der Waals surface area contributed by atoms with E-state index in [0.717, 1.165) is 10.2 Å². The number of rotatable bonds is 2. The molecule has 1 aromatic heterocycles. The van der Waals surface area contributed by atoms with Gasteiger partial charge < -0.3 is 9.47 Å². The first-order valence-corrected chi connectivity index (χ1v) is 13.1. The van der Waals surface area contributed by atoms with Gasteiger partial charge in [0, 0.05) is 26.3 Å². The van der Waals surface area contributed by atoms with Gasteiger partial charge in [-0.3, -0.25) is 0 Å². The highest BCUT2D eigenvalue weighted by molar-refractivity contribution is 9.10. The predicted molar refractivity (Wildman–Crippen MR) is 155 cm³/mol. The molecule has 0 saturated carbocycles. The van der Waals surface area contributed by atoms with Crippen LogP contribution in [0.3, 0.4) is 0 Å². The van der Waals surface area contributed by atoms with E-state index in [4.69, 9.17) is 0 Å². The smallest absolute Gasteiger partial charge is 0.0604 e. The largest absolute Gasteiger partial charge is 0.310 e. The van der Waals surface area contributed by atoms with Crippen LogP contribution in [-0.2, 0) is 5.41 Å². The first-order chi connectivity index (χ1) is 17.6. The van der Waals surface area contributed by atoms with Gasteiger partial charge in [-0.15, -0.1) is 0 Å². The van der Waals surface area contributed by atoms with Crippen LogP contribution >= 0.6 is 15.9 Å². The molecule has 7 rings (SSSR count). The van der Waals surface area contributed by atoms with Gasteiger partial charge >= 0.3 is 0 Å². The van der Waals surface area contributed by atoms with Crippen molar-refractivity contribution in [2.75, 3.05) is 4.90 Å². The number of para-hydroxylation sites is 4. The van der Waals surface area contributed by atoms with Gasteiger partial charge in [0.1, 0.15) is 0 Å². The molecular weight excluding hydrogens is 504 g/mol. The van der Waals surface area contributed by atoms with Gasteiger partial charge in [-0.2, -0.15) is 0 Å². The fourth-order valence-electron chi connectivity index (χ4n) is 5.94. The number of aromatic nitrogens is 1. The van der Waals surface area contributed by atoms with Crippen molar-refractivity contribution in [1.82, 2.24) is 4.57 Å². The van der Waals surface area contributed by atoms with E-state index in [-0.39, 0.29) is 5.41 Å². The molecule has 1 aliphatic rings. The fraction of sp³-hybridized carbons (Fsp3) is 0.0909. The van der Waals surface area contributed by atoms with Crippen LogP contribution in [-0.4, -0.2) is 4.57 Å². The SMILES string of the molecule is CC1(C)c2ccccc2N(c2ccc3c(c2)c2ccccc2n3-c2ccccc2Br)c2ccccc21. The summed E-state index contributed by atoms with van der Waals surface area (Å²) in [6.45, 7) is 4.66. The van der Waals surface area contributed by atoms with Gasteiger partial charge in [0.05, 0.1) is 28.1 Å². The third-order valence-electron chi connectivity index (χ3n) is 7.64. The van der Waals surface area contributed by atoms with Crippen molar-refractivity contribution in [3.63, 3.8) is 0 Å². The maximum atomic E-state index is 3.78. The van der Waals surface area contributed by atoms with E-state index in [9.17, 15) is 0 Å². The Labute approximate surface area is 219 Å². The maximum Gasteiger partial charge on any atom is 0.0604 e. The Kier molecular flexibility index (Phi) is 4.67. The van der Waals surface area contributed by atoms with Crippen molar-refractivity contribution in [3.05, 3.63) is 131 Å². The minimum Gasteiger partial charge on any atom is -0.310 e. The standard InChI is InChI=1S/C33H25BrN2/c1-33(2)25-12-4-8-16-30(25)35(31-17-9-5-13-26(31)33)22-19-20-29-24(21-22)23-11-3-7-15-28(23)36(29)32-18-10-6-14-27(32)34/h3-21H,1-2H3. The Morgan fingerprint density at radius 1 is 0.556 bits per heavy atom. The lowest BCUT2D eigenvalue weighted by Crippen LogP contribution is -2.30. The summed E-state index contributed by atoms with van der Waals surface area (Å²) in [6.07, 6.45) is 0. The maximum absolute atomic E-state index is 3.78. The number of hydrogen-bond donors (Lipinski definition) is 0. The molecule has 0 spiro atoms. The Bertz CT molecular complexity index is 1740. The van der Waals surface area contributed by atoms with Crippen LogP contribution in [0.5, 0.6) is 0 Å². The van der Waals surface area contributed by atoms with Crippen LogP contribution in [0.2, 0.25) is 0 Å². The molecule has 1 aliphatic heterocycles. The molecule has 0 N–H and O–H groups in total. The third-order valence-corrected chi connectivity index (χ3v) is 8.31. The van der Waals surface area contributed by atoms with E-state index in [0.29, 0.717) is 0 Å². The molecule has 0 atom stereocenters. The third kappa shape index (κ3) is 2.96. The normalized spacial score (nSPS) is 14.1. The molecule has 2 nitrogen and oxygen atoms in total. The van der Waals surface area contributed by atoms with Gasteiger partial charge in [0.15, 0.2) is 0 Å². The summed E-state index contributed by atoms with van der Waals surface area (Å²) < 4.78 is 3.44. The van der Waals surface area contributed by atoms with Gasteiger partial charge in [-0.1, -0.05) is 80.6 Å². The van der Waals surface area contributed by atoms with Crippen LogP contribution in [0.25, 0.3) is 27.5 Å². The zero-order chi connectivity index (χ0) is 24.4. The van der Waals surface area contributed by atoms with Crippen LogP contribution in [0.1, 0.15) is 25.0 Å². The van der Waals surface area contributed by atoms with Crippen molar-refractivity contribution in [1.29, 1.82) is 0 Å². The average molecular weight is 529 g/mol. The van der Waals surface area contributed by atoms with Crippen molar-refractivity contribution in [3.8, 4) is 5.69 Å². The Morgan fingerprint density at radius 2 is 1.11 bits per heavy atom. The van der Waals surface area contributed by atoms with Gasteiger partial charge in [-0.05, 0) is 75.6 Å². The van der Waals surface area contributed by atoms with Crippen molar-refractivity contribution in [2.45, 2.75) is 19.3 Å². The van der Waals surface area contributed by atoms with E-state index >= 15 is 0 Å². The summed E-state index contributed by atoms with van der Waals surface area (Å²) >= 11 is 3.78. The van der Waals surface area contributed by atoms with E-state index in [1.807, 2.05) is 0 Å². The Hall–Kier alpha value is -3.82. The first kappa shape index (κ1) is 21.5. The zero-order valence-corrected chi connectivity index (χ0v) is 21.8. The summed E-state index contributed by atoms with van der Waals surface area (Å²) in [7, 11) is 0. The molecule has 5 aromatic carbocycles. The zero-order valence-electron chi connectivity index (χ0n) is 20.2. The molecule has 6 aromatic rings. The van der Waals surface area contributed by atoms with Gasteiger partial charge in [-0.25, -0.2) is 0 Å². The quantitative estimate of drug-likeness (QED) is 0.217. The van der Waals surface area contributed by atoms with E-state index in [2.05, 4.69) is 155 Å². The summed E-state index contributed by atoms with van der Waals surface area (Å²) in [5.41, 5.74) is 9.84. The number of halogens is 1. The average Bonchev–Trinajstić information content (AvgIpc) is 3.23. The molecule has 0 fully saturated rings. The number of hydrogen-bond acceptors (Lipinski definition) is 1. The fourth-order valence-corrected chi connectivity index (χ4v) is 6.40. The van der Waals surface area contributed by atoms with Crippen molar-refractivity contribution < 1.29 is 0 Å². The highest BCUT2D eigenvalue weighted by Gasteiger charge is 2.36. The van der Waals surface area contributed by atoms with Crippen LogP contribution in [0.4, 0.5) is 17.1 Å². The molecule has 0 amide bonds. The second kappa shape index (κ2) is 7.84. The molecular formula is C33H25BrN2. The van der Waals surface area contributed by atoms with Crippen LogP contribution in [0, 0.1) is 0 Å². The number of benzene rings is 5. The van der Waals surface area contributed by atoms with Crippen LogP contribution < -0.4 is 4.90 Å². The molecule has 36 heavy (non-hydrogen) atoms. The second-order valence-electron chi connectivity index (χ2n) is 10.0. The van der Waals surface area contributed by atoms with E-state index in [1.165, 1.54) is 50.0 Å². The number of nitrogens with zero attached hydrogens (tertiary/aromatic N) is 2. The molecule has 0 radical (unpaired) electrons. The van der Waals surface area contributed by atoms with Gasteiger partial charge in [0.25, 0.3) is 0 Å². The van der Waals surface area contributed by atoms with Gasteiger partial charge in [0.2, 0.25) is 0 Å². The lowest BCUT2D eigenvalue weighted by molar-refractivity contribution is 0.632. The summed E-state index contributed by atoms with van der Waals surface area (Å²) in [4.78, 5) is 2.43. The topological polar surface area (TPSA) is 8.17 Å². The monoisotopic (exact) mass is 528 g/mol. The lowest BCUT2D eigenvalue weighted by Gasteiger charge is -2.42. The summed E-state index contributed by atoms with van der Waals surface area (Å²) in [5.74, 6) is 0. The molecule has 0 saturated heterocycles. The van der Waals surface area contributed by atoms with Crippen LogP contribution in [0.15, 0.2) is 120 Å². The van der Waals surface area contributed by atoms with E-state index in [1.54, 1.807) is 0 Å². The summed E-state index contributed by atoms with van der Waals surface area (Å²) in [6, 6.07) is 41.7. The van der Waals surface area contributed by atoms with E-state index < -0.39 is 0 Å². The molecule has 3 heteroatoms. The predicted octanol–water partition coefficient (Wildman–Crippen LogP) is 9.66. The lowest BCUT2D eigenvalue weighted by atomic mass is 9.73. The Balaban J connectivity index is 1.53. The second-order valence-corrected chi connectivity index (χ2v) is 10.9. The first-order valence-electron chi connectivity index (χ1n) is 12.3. The highest BCUT2D eigenvalue weighted by atomic mass is 79.9. The number of fused-ring (bicyclic) bond motifs is 5. The molecule has 0 bridgehead atoms. The highest BCUT2D eigenvalue weighted by Crippen LogP contribution is 2.52. The Morgan fingerprint density at radius 3 is 1.81 bits per heavy atom. The molecule has 0 aliphatic carbocycles. The van der Waals surface area contributed by atoms with Crippen molar-refractivity contribution >= 4 is 54.8 Å². The number of anilines is 3. The molecule has 174 valence electrons. The minimum atomic E-state index is -0.0661. The molecule has 2 heterocycles. The summed E-state index contributed by atoms with van der Waals surface area (Å²) in [5, 5.41) is 2.50.